The van der Waals surface area contributed by atoms with Crippen LogP contribution in [0.2, 0.25) is 0 Å². The maximum atomic E-state index is 11.9. The smallest absolute Gasteiger partial charge is 0.303 e. The molecule has 0 saturated carbocycles. The van der Waals surface area contributed by atoms with Crippen molar-refractivity contribution >= 4 is 30.1 Å². The molecule has 5 atom stereocenters. The zero-order valence-corrected chi connectivity index (χ0v) is 18.1. The first-order valence-electron chi connectivity index (χ1n) is 9.73. The van der Waals surface area contributed by atoms with Gasteiger partial charge < -0.3 is 29.0 Å². The first-order valence-corrected chi connectivity index (χ1v) is 9.73. The van der Waals surface area contributed by atoms with Crippen LogP contribution >= 0.6 is 0 Å². The number of ether oxygens (including phenoxy) is 5. The van der Waals surface area contributed by atoms with E-state index in [1.165, 1.54) is 38.1 Å². The summed E-state index contributed by atoms with van der Waals surface area (Å²) in [5.74, 6) is -2.21. The number of benzene rings is 1. The summed E-state index contributed by atoms with van der Waals surface area (Å²) in [7, 11) is 0. The largest absolute Gasteiger partial charge is 0.463 e. The van der Waals surface area contributed by atoms with Crippen LogP contribution in [-0.2, 0) is 38.1 Å². The Morgan fingerprint density at radius 2 is 1.53 bits per heavy atom. The number of esters is 3. The summed E-state index contributed by atoms with van der Waals surface area (Å²) in [6, 6.07) is 4.97. The van der Waals surface area contributed by atoms with Crippen molar-refractivity contribution in [3.05, 3.63) is 29.8 Å². The van der Waals surface area contributed by atoms with E-state index in [1.54, 1.807) is 0 Å². The molecule has 1 amide bonds. The van der Waals surface area contributed by atoms with E-state index in [1.807, 2.05) is 0 Å². The number of amides is 1. The summed E-state index contributed by atoms with van der Waals surface area (Å²) < 4.78 is 27.4. The van der Waals surface area contributed by atoms with E-state index in [4.69, 9.17) is 23.7 Å². The average molecular weight is 451 g/mol. The molecule has 11 heteroatoms. The molecule has 1 aromatic rings. The van der Waals surface area contributed by atoms with Crippen LogP contribution < -0.4 is 10.1 Å². The van der Waals surface area contributed by atoms with Gasteiger partial charge in [0.2, 0.25) is 12.2 Å². The number of carbonyl (C=O) groups is 5. The zero-order chi connectivity index (χ0) is 23.8. The van der Waals surface area contributed by atoms with Gasteiger partial charge in [-0.2, -0.15) is 0 Å². The Balaban J connectivity index is 2.43. The molecule has 174 valence electrons. The number of aldehydes is 1. The van der Waals surface area contributed by atoms with E-state index < -0.39 is 54.5 Å². The summed E-state index contributed by atoms with van der Waals surface area (Å²) in [6.07, 6.45) is -4.05. The van der Waals surface area contributed by atoms with Crippen molar-refractivity contribution in [1.29, 1.82) is 0 Å². The van der Waals surface area contributed by atoms with Gasteiger partial charge in [0.25, 0.3) is 0 Å². The van der Waals surface area contributed by atoms with Crippen molar-refractivity contribution in [2.45, 2.75) is 58.3 Å². The summed E-state index contributed by atoms with van der Waals surface area (Å²) in [4.78, 5) is 57.6. The molecule has 0 aromatic heterocycles. The molecule has 1 aromatic carbocycles. The summed E-state index contributed by atoms with van der Waals surface area (Å²) in [5, 5.41) is 2.60. The number of rotatable bonds is 8. The third-order valence-corrected chi connectivity index (χ3v) is 4.34. The average Bonchev–Trinajstić information content (AvgIpc) is 2.70. The van der Waals surface area contributed by atoms with Crippen LogP contribution in [0.15, 0.2) is 24.3 Å². The lowest BCUT2D eigenvalue weighted by Gasteiger charge is -2.44. The SMILES string of the molecule is CC(=O)N[C@H]1[C@@H](Oc2ccc(C=O)cc2)O[C@@H](COC(C)=O)[C@@H](OC(C)=O)[C@H]1OC(C)=O. The summed E-state index contributed by atoms with van der Waals surface area (Å²) >= 11 is 0. The van der Waals surface area contributed by atoms with E-state index in [2.05, 4.69) is 5.32 Å². The van der Waals surface area contributed by atoms with Gasteiger partial charge >= 0.3 is 17.9 Å². The lowest BCUT2D eigenvalue weighted by atomic mass is 9.96. The Morgan fingerprint density at radius 3 is 2.03 bits per heavy atom. The molecule has 11 nitrogen and oxygen atoms in total. The van der Waals surface area contributed by atoms with Crippen LogP contribution in [0, 0.1) is 0 Å². The van der Waals surface area contributed by atoms with Gasteiger partial charge in [-0.1, -0.05) is 0 Å². The topological polar surface area (TPSA) is 144 Å². The highest BCUT2D eigenvalue weighted by Gasteiger charge is 2.51. The standard InChI is InChI=1S/C21H25NO10/c1-11(24)22-18-20(30-14(4)27)19(29-13(3)26)17(10-28-12(2)25)32-21(18)31-16-7-5-15(9-23)6-8-16/h5-9,17-21H,10H2,1-4H3,(H,22,24)/t17-,18+,19+,20-,21-/m0/s1. The maximum absolute atomic E-state index is 11.9. The van der Waals surface area contributed by atoms with Crippen molar-refractivity contribution in [1.82, 2.24) is 5.32 Å². The van der Waals surface area contributed by atoms with Crippen molar-refractivity contribution in [3.63, 3.8) is 0 Å². The minimum atomic E-state index is -1.22. The monoisotopic (exact) mass is 451 g/mol. The fraction of sp³-hybridized carbons (Fsp3) is 0.476. The van der Waals surface area contributed by atoms with Crippen LogP contribution in [0.3, 0.4) is 0 Å². The molecule has 1 saturated heterocycles. The fourth-order valence-corrected chi connectivity index (χ4v) is 3.15. The van der Waals surface area contributed by atoms with Crippen molar-refractivity contribution in [2.75, 3.05) is 6.61 Å². The molecular formula is C21H25NO10. The number of carbonyl (C=O) groups excluding carboxylic acids is 5. The third kappa shape index (κ3) is 7.05. The highest BCUT2D eigenvalue weighted by molar-refractivity contribution is 5.75. The fourth-order valence-electron chi connectivity index (χ4n) is 3.15. The lowest BCUT2D eigenvalue weighted by Crippen LogP contribution is -2.67. The molecule has 0 aliphatic carbocycles. The minimum absolute atomic E-state index is 0.287. The Bertz CT molecular complexity index is 853. The van der Waals surface area contributed by atoms with Gasteiger partial charge in [-0.05, 0) is 24.3 Å². The second kappa shape index (κ2) is 11.2. The van der Waals surface area contributed by atoms with Crippen molar-refractivity contribution in [2.24, 2.45) is 0 Å². The second-order valence-corrected chi connectivity index (χ2v) is 7.02. The van der Waals surface area contributed by atoms with Gasteiger partial charge in [0.05, 0.1) is 0 Å². The highest BCUT2D eigenvalue weighted by atomic mass is 16.7. The molecule has 0 unspecified atom stereocenters. The second-order valence-electron chi connectivity index (χ2n) is 7.02. The van der Waals surface area contributed by atoms with E-state index in [-0.39, 0.29) is 12.4 Å². The van der Waals surface area contributed by atoms with E-state index in [0.717, 1.165) is 13.8 Å². The first-order chi connectivity index (χ1) is 15.1. The summed E-state index contributed by atoms with van der Waals surface area (Å²) in [5.41, 5.74) is 0.417. The van der Waals surface area contributed by atoms with Gasteiger partial charge in [-0.25, -0.2) is 0 Å². The van der Waals surface area contributed by atoms with Crippen LogP contribution in [0.4, 0.5) is 0 Å². The Hall–Kier alpha value is -3.47. The first kappa shape index (κ1) is 24.8. The number of nitrogens with one attached hydrogen (secondary N) is 1. The highest BCUT2D eigenvalue weighted by Crippen LogP contribution is 2.29. The van der Waals surface area contributed by atoms with Gasteiger partial charge in [-0.3, -0.25) is 24.0 Å². The summed E-state index contributed by atoms with van der Waals surface area (Å²) in [6.45, 7) is 4.41. The van der Waals surface area contributed by atoms with Crippen molar-refractivity contribution in [3.8, 4) is 5.75 Å². The quantitative estimate of drug-likeness (QED) is 0.338. The van der Waals surface area contributed by atoms with Gasteiger partial charge in [0, 0.05) is 33.3 Å². The molecule has 0 bridgehead atoms. The normalized spacial score (nSPS) is 24.6. The van der Waals surface area contributed by atoms with E-state index in [9.17, 15) is 24.0 Å². The number of hydrogen-bond acceptors (Lipinski definition) is 10. The third-order valence-electron chi connectivity index (χ3n) is 4.34. The molecule has 1 aliphatic rings. The van der Waals surface area contributed by atoms with Crippen LogP contribution in [0.5, 0.6) is 5.75 Å². The van der Waals surface area contributed by atoms with Gasteiger partial charge in [0.1, 0.15) is 30.8 Å². The molecule has 0 radical (unpaired) electrons. The predicted octanol–water partition coefficient (Wildman–Crippen LogP) is 0.534. The van der Waals surface area contributed by atoms with E-state index >= 15 is 0 Å². The number of hydrogen-bond donors (Lipinski definition) is 1. The lowest BCUT2D eigenvalue weighted by molar-refractivity contribution is -0.257. The zero-order valence-electron chi connectivity index (χ0n) is 18.1. The molecule has 1 fully saturated rings. The Labute approximate surface area is 184 Å². The van der Waals surface area contributed by atoms with Crippen molar-refractivity contribution < 1.29 is 47.7 Å². The van der Waals surface area contributed by atoms with Gasteiger partial charge in [0.15, 0.2) is 12.2 Å². The van der Waals surface area contributed by atoms with Gasteiger partial charge in [-0.15, -0.1) is 0 Å². The Kier molecular flexibility index (Phi) is 8.71. The van der Waals surface area contributed by atoms with Crippen LogP contribution in [0.25, 0.3) is 0 Å². The molecule has 1 N–H and O–H groups in total. The molecule has 0 spiro atoms. The predicted molar refractivity (Wildman–Crippen MR) is 106 cm³/mol. The molecule has 1 heterocycles. The maximum Gasteiger partial charge on any atom is 0.303 e. The minimum Gasteiger partial charge on any atom is -0.463 e. The molecule has 1 aliphatic heterocycles. The Morgan fingerprint density at radius 1 is 0.938 bits per heavy atom. The van der Waals surface area contributed by atoms with Crippen LogP contribution in [0.1, 0.15) is 38.1 Å². The molecule has 2 rings (SSSR count). The van der Waals surface area contributed by atoms with E-state index in [0.29, 0.717) is 11.8 Å². The molecule has 32 heavy (non-hydrogen) atoms. The van der Waals surface area contributed by atoms with Crippen LogP contribution in [-0.4, -0.2) is 67.4 Å². The molecular weight excluding hydrogens is 426 g/mol.